The number of rotatable bonds is 2. The fourth-order valence-corrected chi connectivity index (χ4v) is 13.4. The molecule has 0 radical (unpaired) electrons. The molecule has 0 fully saturated rings. The van der Waals surface area contributed by atoms with Gasteiger partial charge in [-0.1, -0.05) is 94.1 Å². The summed E-state index contributed by atoms with van der Waals surface area (Å²) >= 11 is 13.7. The molecular formula is C20H14N2S8. The molecule has 4 heterocycles. The Labute approximate surface area is 211 Å². The van der Waals surface area contributed by atoms with E-state index in [1.54, 1.807) is 94.1 Å². The summed E-state index contributed by atoms with van der Waals surface area (Å²) in [6, 6.07) is 4.75. The second kappa shape index (κ2) is 9.84. The number of allylic oxidation sites excluding steroid dienone is 8. The molecule has 0 saturated heterocycles. The number of thioether (sulfide) groups is 8. The first kappa shape index (κ1) is 23.1. The number of hydrogen-bond donors (Lipinski definition) is 0. The van der Waals surface area contributed by atoms with Crippen LogP contribution in [0.5, 0.6) is 0 Å². The molecule has 4 aliphatic rings. The molecular weight excluding hydrogens is 525 g/mol. The molecule has 2 nitrogen and oxygen atoms in total. The highest BCUT2D eigenvalue weighted by Crippen LogP contribution is 2.67. The van der Waals surface area contributed by atoms with Gasteiger partial charge in [0.2, 0.25) is 0 Å². The van der Waals surface area contributed by atoms with Crippen molar-refractivity contribution in [2.75, 3.05) is 0 Å². The molecule has 0 spiro atoms. The summed E-state index contributed by atoms with van der Waals surface area (Å²) in [6.07, 6.45) is 4.04. The van der Waals surface area contributed by atoms with Crippen molar-refractivity contribution in [1.29, 1.82) is 10.5 Å². The van der Waals surface area contributed by atoms with E-state index in [1.165, 1.54) is 28.1 Å². The molecule has 152 valence electrons. The first-order valence-corrected chi connectivity index (χ1v) is 15.1. The zero-order chi connectivity index (χ0) is 21.4. The van der Waals surface area contributed by atoms with Crippen LogP contribution in [0.25, 0.3) is 0 Å². The van der Waals surface area contributed by atoms with E-state index in [9.17, 15) is 10.5 Å². The number of nitriles is 2. The summed E-state index contributed by atoms with van der Waals surface area (Å²) in [7, 11) is 0. The van der Waals surface area contributed by atoms with Gasteiger partial charge in [-0.05, 0) is 59.5 Å². The quantitative estimate of drug-likeness (QED) is 0.317. The zero-order valence-corrected chi connectivity index (χ0v) is 22.8. The Morgan fingerprint density at radius 3 is 1.13 bits per heavy atom. The third-order valence-corrected chi connectivity index (χ3v) is 14.8. The molecule has 0 aliphatic carbocycles. The van der Waals surface area contributed by atoms with Crippen LogP contribution in [0.3, 0.4) is 0 Å². The minimum atomic E-state index is 0.744. The van der Waals surface area contributed by atoms with E-state index in [-0.39, 0.29) is 0 Å². The summed E-state index contributed by atoms with van der Waals surface area (Å²) in [5.41, 5.74) is 1.49. The van der Waals surface area contributed by atoms with Crippen molar-refractivity contribution in [2.45, 2.75) is 27.7 Å². The van der Waals surface area contributed by atoms with Crippen LogP contribution < -0.4 is 0 Å². The highest BCUT2D eigenvalue weighted by Gasteiger charge is 2.31. The van der Waals surface area contributed by atoms with E-state index >= 15 is 0 Å². The first-order chi connectivity index (χ1) is 14.4. The van der Waals surface area contributed by atoms with Gasteiger partial charge in [-0.25, -0.2) is 0 Å². The maximum Gasteiger partial charge on any atom is 0.101 e. The van der Waals surface area contributed by atoms with Crippen molar-refractivity contribution in [3.63, 3.8) is 0 Å². The molecule has 0 aromatic carbocycles. The molecule has 0 saturated carbocycles. The summed E-state index contributed by atoms with van der Waals surface area (Å²) in [5, 5.41) is 19.3. The Bertz CT molecular complexity index is 1010. The molecule has 0 amide bonds. The molecule has 10 heteroatoms. The maximum atomic E-state index is 9.64. The summed E-state index contributed by atoms with van der Waals surface area (Å²) < 4.78 is 6.93. The highest BCUT2D eigenvalue weighted by molar-refractivity contribution is 8.48. The molecule has 0 aromatic rings. The molecule has 0 unspecified atom stereocenters. The van der Waals surface area contributed by atoms with Gasteiger partial charge in [0.05, 0.1) is 36.6 Å². The van der Waals surface area contributed by atoms with Gasteiger partial charge in [-0.2, -0.15) is 10.5 Å². The second-order valence-corrected chi connectivity index (χ2v) is 16.8. The van der Waals surface area contributed by atoms with Crippen LogP contribution in [0.4, 0.5) is 0 Å². The van der Waals surface area contributed by atoms with Crippen LogP contribution in [0, 0.1) is 22.7 Å². The lowest BCUT2D eigenvalue weighted by atomic mass is 10.3. The first-order valence-electron chi connectivity index (χ1n) is 8.62. The average molecular weight is 539 g/mol. The van der Waals surface area contributed by atoms with Gasteiger partial charge in [0.1, 0.15) is 12.1 Å². The normalized spacial score (nSPS) is 20.9. The van der Waals surface area contributed by atoms with Gasteiger partial charge in [0.25, 0.3) is 0 Å². The Hall–Kier alpha value is -0.0400. The second-order valence-electron chi connectivity index (χ2n) is 6.17. The predicted molar refractivity (Wildman–Crippen MR) is 146 cm³/mol. The predicted octanol–water partition coefficient (Wildman–Crippen LogP) is 9.69. The highest BCUT2D eigenvalue weighted by atomic mass is 32.3. The fraction of sp³-hybridized carbons (Fsp3) is 0.200. The summed E-state index contributed by atoms with van der Waals surface area (Å²) in [6.45, 7) is 8.41. The van der Waals surface area contributed by atoms with Crippen LogP contribution in [-0.2, 0) is 0 Å². The summed E-state index contributed by atoms with van der Waals surface area (Å²) in [5.74, 6) is 0. The van der Waals surface area contributed by atoms with E-state index in [0.29, 0.717) is 0 Å². The van der Waals surface area contributed by atoms with Crippen molar-refractivity contribution in [3.05, 3.63) is 68.3 Å². The number of hydrogen-bond acceptors (Lipinski definition) is 10. The topological polar surface area (TPSA) is 47.6 Å². The minimum absolute atomic E-state index is 0.744. The van der Waals surface area contributed by atoms with E-state index in [2.05, 4.69) is 39.8 Å². The van der Waals surface area contributed by atoms with Crippen LogP contribution in [-0.4, -0.2) is 0 Å². The lowest BCUT2D eigenvalue weighted by Crippen LogP contribution is -1.79. The van der Waals surface area contributed by atoms with Crippen molar-refractivity contribution in [1.82, 2.24) is 0 Å². The van der Waals surface area contributed by atoms with E-state index in [4.69, 9.17) is 0 Å². The van der Waals surface area contributed by atoms with Gasteiger partial charge in [-0.3, -0.25) is 0 Å². The van der Waals surface area contributed by atoms with Crippen molar-refractivity contribution < 1.29 is 0 Å². The van der Waals surface area contributed by atoms with Gasteiger partial charge in [-0.15, -0.1) is 0 Å². The maximum absolute atomic E-state index is 9.64. The smallest absolute Gasteiger partial charge is 0.101 e. The van der Waals surface area contributed by atoms with E-state index < -0.39 is 0 Å². The molecule has 0 atom stereocenters. The lowest BCUT2D eigenvalue weighted by molar-refractivity contribution is 1.50. The van der Waals surface area contributed by atoms with Crippen LogP contribution in [0.15, 0.2) is 68.3 Å². The third kappa shape index (κ3) is 4.97. The Kier molecular flexibility index (Phi) is 7.59. The van der Waals surface area contributed by atoms with Crippen LogP contribution in [0.1, 0.15) is 27.7 Å². The zero-order valence-electron chi connectivity index (χ0n) is 16.3. The molecule has 4 rings (SSSR count). The number of nitrogens with zero attached hydrogens (tertiary/aromatic N) is 2. The molecule has 4 aliphatic heterocycles. The van der Waals surface area contributed by atoms with E-state index in [0.717, 1.165) is 28.1 Å². The Balaban J connectivity index is 1.45. The molecule has 30 heavy (non-hydrogen) atoms. The van der Waals surface area contributed by atoms with Gasteiger partial charge in [0.15, 0.2) is 0 Å². The fourth-order valence-electron chi connectivity index (χ4n) is 2.35. The van der Waals surface area contributed by atoms with Gasteiger partial charge < -0.3 is 0 Å². The van der Waals surface area contributed by atoms with Gasteiger partial charge >= 0.3 is 0 Å². The van der Waals surface area contributed by atoms with Gasteiger partial charge in [0, 0.05) is 0 Å². The SMILES string of the molecule is CC1=C(C)SC(=C(C#N)C=C2SC3=C(S2)SC(=CC(C#N)=C2SC(C)=C(C)S2)S3)S1. The van der Waals surface area contributed by atoms with Crippen LogP contribution >= 0.6 is 94.1 Å². The van der Waals surface area contributed by atoms with Crippen molar-refractivity contribution in [2.24, 2.45) is 0 Å². The third-order valence-electron chi connectivity index (χ3n) is 4.12. The van der Waals surface area contributed by atoms with Crippen molar-refractivity contribution >= 4 is 94.1 Å². The standard InChI is InChI=1S/C20H14N2S8/c1-9-10(2)24-17(23-9)13(7-21)5-15-27-19-20(28-15)30-16(29-19)6-14(8-22)18-25-11(3)12(4)26-18/h5-6H,1-4H3. The molecule has 0 N–H and O–H groups in total. The Morgan fingerprint density at radius 2 is 0.867 bits per heavy atom. The van der Waals surface area contributed by atoms with Crippen LogP contribution in [0.2, 0.25) is 0 Å². The molecule has 0 aromatic heterocycles. The minimum Gasteiger partial charge on any atom is -0.192 e. The average Bonchev–Trinajstić information content (AvgIpc) is 3.43. The van der Waals surface area contributed by atoms with E-state index in [1.807, 2.05) is 12.2 Å². The lowest BCUT2D eigenvalue weighted by Gasteiger charge is -2.04. The largest absolute Gasteiger partial charge is 0.192 e. The molecule has 0 bridgehead atoms. The Morgan fingerprint density at radius 1 is 0.567 bits per heavy atom. The van der Waals surface area contributed by atoms with Crippen molar-refractivity contribution in [3.8, 4) is 12.1 Å². The summed E-state index contributed by atoms with van der Waals surface area (Å²) in [4.78, 5) is 5.10. The monoisotopic (exact) mass is 538 g/mol.